The van der Waals surface area contributed by atoms with E-state index >= 15 is 0 Å². The van der Waals surface area contributed by atoms with Crippen molar-refractivity contribution in [3.05, 3.63) is 42.0 Å². The summed E-state index contributed by atoms with van der Waals surface area (Å²) in [6.45, 7) is 2.89. The number of carbonyl (C=O) groups excluding carboxylic acids is 1. The number of hydrogen-bond acceptors (Lipinski definition) is 7. The molecule has 7 nitrogen and oxygen atoms in total. The Kier molecular flexibility index (Phi) is 6.41. The summed E-state index contributed by atoms with van der Waals surface area (Å²) in [5, 5.41) is 15.3. The number of hydrogen-bond donors (Lipinski definition) is 4. The monoisotopic (exact) mass is 413 g/mol. The number of nitrogens with zero attached hydrogens (tertiary/aromatic N) is 2. The van der Waals surface area contributed by atoms with Crippen LogP contribution in [-0.2, 0) is 0 Å². The highest BCUT2D eigenvalue weighted by molar-refractivity contribution is 8.00. The van der Waals surface area contributed by atoms with Gasteiger partial charge in [0.2, 0.25) is 0 Å². The van der Waals surface area contributed by atoms with Gasteiger partial charge in [0.1, 0.15) is 11.6 Å². The van der Waals surface area contributed by atoms with Crippen molar-refractivity contribution < 1.29 is 9.90 Å². The lowest BCUT2D eigenvalue weighted by Gasteiger charge is -2.35. The van der Waals surface area contributed by atoms with E-state index in [0.717, 1.165) is 49.7 Å². The summed E-state index contributed by atoms with van der Waals surface area (Å²) in [6.07, 6.45) is 3.40. The van der Waals surface area contributed by atoms with Crippen LogP contribution < -0.4 is 20.3 Å². The first kappa shape index (κ1) is 19.8. The van der Waals surface area contributed by atoms with Gasteiger partial charge < -0.3 is 25.4 Å². The number of benzene rings is 1. The van der Waals surface area contributed by atoms with Crippen LogP contribution in [0.1, 0.15) is 29.6 Å². The van der Waals surface area contributed by atoms with Crippen molar-refractivity contribution in [2.75, 3.05) is 52.2 Å². The zero-order valence-electron chi connectivity index (χ0n) is 16.4. The van der Waals surface area contributed by atoms with Gasteiger partial charge in [0.25, 0.3) is 5.91 Å². The highest BCUT2D eigenvalue weighted by atomic mass is 32.2. The molecule has 8 heteroatoms. The maximum Gasteiger partial charge on any atom is 0.258 e. The third-order valence-electron chi connectivity index (χ3n) is 5.33. The zero-order chi connectivity index (χ0) is 20.1. The van der Waals surface area contributed by atoms with Crippen molar-refractivity contribution in [1.82, 2.24) is 4.98 Å². The first-order valence-corrected chi connectivity index (χ1v) is 11.1. The normalized spacial score (nSPS) is 19.0. The van der Waals surface area contributed by atoms with E-state index in [1.54, 1.807) is 0 Å². The van der Waals surface area contributed by atoms with E-state index < -0.39 is 0 Å². The SMILES string of the molecule is O=C1Nc2cccc(n2)NCCC2CCCN(C2)c2cc(NSCCO)ccc21. The van der Waals surface area contributed by atoms with E-state index in [2.05, 4.69) is 25.2 Å². The fourth-order valence-corrected chi connectivity index (χ4v) is 4.43. The fraction of sp³-hybridized carbons (Fsp3) is 0.429. The van der Waals surface area contributed by atoms with E-state index in [-0.39, 0.29) is 12.5 Å². The van der Waals surface area contributed by atoms with Gasteiger partial charge in [-0.05, 0) is 55.5 Å². The maximum absolute atomic E-state index is 13.1. The van der Waals surface area contributed by atoms with Crippen molar-refractivity contribution in [2.45, 2.75) is 19.3 Å². The molecule has 29 heavy (non-hydrogen) atoms. The van der Waals surface area contributed by atoms with Gasteiger partial charge in [-0.1, -0.05) is 18.0 Å². The summed E-state index contributed by atoms with van der Waals surface area (Å²) in [5.41, 5.74) is 2.54. The molecule has 2 aromatic rings. The third kappa shape index (κ3) is 4.94. The van der Waals surface area contributed by atoms with Crippen LogP contribution >= 0.6 is 11.9 Å². The molecule has 1 atom stereocenters. The highest BCUT2D eigenvalue weighted by Gasteiger charge is 2.24. The molecule has 2 aliphatic rings. The molecule has 1 fully saturated rings. The van der Waals surface area contributed by atoms with Crippen LogP contribution in [0, 0.1) is 5.92 Å². The molecule has 0 aliphatic carbocycles. The van der Waals surface area contributed by atoms with Gasteiger partial charge in [-0.3, -0.25) is 4.79 Å². The van der Waals surface area contributed by atoms with Crippen LogP contribution in [0.5, 0.6) is 0 Å². The van der Waals surface area contributed by atoms with E-state index in [1.807, 2.05) is 36.4 Å². The average molecular weight is 414 g/mol. The Morgan fingerprint density at radius 1 is 1.24 bits per heavy atom. The average Bonchev–Trinajstić information content (AvgIpc) is 2.74. The first-order chi connectivity index (χ1) is 14.2. The Morgan fingerprint density at radius 2 is 2.14 bits per heavy atom. The van der Waals surface area contributed by atoms with Crippen molar-refractivity contribution in [3.8, 4) is 0 Å². The number of pyridine rings is 1. The summed E-state index contributed by atoms with van der Waals surface area (Å²) in [6, 6.07) is 11.5. The largest absolute Gasteiger partial charge is 0.395 e. The molecule has 0 saturated carbocycles. The number of amides is 1. The van der Waals surface area contributed by atoms with Crippen LogP contribution in [0.4, 0.5) is 23.0 Å². The van der Waals surface area contributed by atoms with E-state index in [9.17, 15) is 4.79 Å². The van der Waals surface area contributed by atoms with Gasteiger partial charge in [-0.15, -0.1) is 0 Å². The number of fused-ring (bicyclic) bond motifs is 6. The molecule has 1 amide bonds. The highest BCUT2D eigenvalue weighted by Crippen LogP contribution is 2.32. The number of carbonyl (C=O) groups is 1. The zero-order valence-corrected chi connectivity index (χ0v) is 17.2. The van der Waals surface area contributed by atoms with Crippen molar-refractivity contribution in [1.29, 1.82) is 0 Å². The second-order valence-corrected chi connectivity index (χ2v) is 8.34. The third-order valence-corrected chi connectivity index (χ3v) is 6.10. The molecule has 4 N–H and O–H groups in total. The smallest absolute Gasteiger partial charge is 0.258 e. The van der Waals surface area contributed by atoms with Gasteiger partial charge in [0, 0.05) is 31.1 Å². The van der Waals surface area contributed by atoms with Gasteiger partial charge in [-0.2, -0.15) is 0 Å². The molecule has 1 saturated heterocycles. The molecule has 4 rings (SSSR count). The molecule has 154 valence electrons. The Bertz CT molecular complexity index is 863. The number of rotatable bonds is 4. The minimum absolute atomic E-state index is 0.124. The molecule has 4 bridgehead atoms. The van der Waals surface area contributed by atoms with Gasteiger partial charge in [0.15, 0.2) is 0 Å². The Hall–Kier alpha value is -2.45. The Morgan fingerprint density at radius 3 is 3.03 bits per heavy atom. The first-order valence-electron chi connectivity index (χ1n) is 10.1. The minimum atomic E-state index is -0.152. The van der Waals surface area contributed by atoms with Crippen molar-refractivity contribution >= 4 is 40.9 Å². The fourth-order valence-electron chi connectivity index (χ4n) is 3.94. The topological polar surface area (TPSA) is 89.5 Å². The minimum Gasteiger partial charge on any atom is -0.395 e. The number of nitrogens with one attached hydrogen (secondary N) is 3. The number of aliphatic hydroxyl groups is 1. The Labute approximate surface area is 175 Å². The summed E-state index contributed by atoms with van der Waals surface area (Å²) in [4.78, 5) is 19.9. The quantitative estimate of drug-likeness (QED) is 0.451. The maximum atomic E-state index is 13.1. The molecular weight excluding hydrogens is 386 g/mol. The Balaban J connectivity index is 1.68. The lowest BCUT2D eigenvalue weighted by molar-refractivity contribution is 0.102. The summed E-state index contributed by atoms with van der Waals surface area (Å²) >= 11 is 1.46. The molecule has 3 heterocycles. The van der Waals surface area contributed by atoms with E-state index in [4.69, 9.17) is 5.11 Å². The molecule has 2 aliphatic heterocycles. The van der Waals surface area contributed by atoms with Gasteiger partial charge in [0.05, 0.1) is 17.9 Å². The van der Waals surface area contributed by atoms with Crippen LogP contribution in [0.25, 0.3) is 0 Å². The lowest BCUT2D eigenvalue weighted by Crippen LogP contribution is -2.37. The summed E-state index contributed by atoms with van der Waals surface area (Å²) < 4.78 is 3.26. The van der Waals surface area contributed by atoms with Crippen LogP contribution in [0.2, 0.25) is 0 Å². The number of aromatic nitrogens is 1. The predicted octanol–water partition coefficient (Wildman–Crippen LogP) is 3.42. The van der Waals surface area contributed by atoms with Crippen molar-refractivity contribution in [2.24, 2.45) is 5.92 Å². The molecule has 1 unspecified atom stereocenters. The standard InChI is InChI=1S/C21H27N5O2S/c27-11-12-29-25-16-6-7-17-18(13-16)26-10-2-3-15(14-26)8-9-22-19-4-1-5-20(23-19)24-21(17)28/h1,4-7,13,15,25,27H,2-3,8-12,14H2,(H2,22,23,24,28). The number of anilines is 4. The lowest BCUT2D eigenvalue weighted by atomic mass is 9.93. The van der Waals surface area contributed by atoms with Crippen LogP contribution in [0.3, 0.4) is 0 Å². The molecular formula is C21H27N5O2S. The van der Waals surface area contributed by atoms with Crippen molar-refractivity contribution in [3.63, 3.8) is 0 Å². The summed E-state index contributed by atoms with van der Waals surface area (Å²) in [7, 11) is 0. The van der Waals surface area contributed by atoms with Crippen LogP contribution in [-0.4, -0.2) is 48.0 Å². The predicted molar refractivity (Wildman–Crippen MR) is 120 cm³/mol. The van der Waals surface area contributed by atoms with Gasteiger partial charge in [-0.25, -0.2) is 4.98 Å². The van der Waals surface area contributed by atoms with Crippen LogP contribution in [0.15, 0.2) is 36.4 Å². The molecule has 1 aromatic carbocycles. The van der Waals surface area contributed by atoms with E-state index in [1.165, 1.54) is 18.4 Å². The summed E-state index contributed by atoms with van der Waals surface area (Å²) in [5.74, 6) is 2.37. The molecule has 1 aromatic heterocycles. The molecule has 0 spiro atoms. The van der Waals surface area contributed by atoms with Gasteiger partial charge >= 0.3 is 0 Å². The number of aliphatic hydroxyl groups excluding tert-OH is 1. The second kappa shape index (κ2) is 9.37. The second-order valence-electron chi connectivity index (χ2n) is 7.44. The molecule has 0 radical (unpaired) electrons. The number of piperidine rings is 1. The van der Waals surface area contributed by atoms with E-state index in [0.29, 0.717) is 23.1 Å².